The normalized spacial score (nSPS) is 14.4. The second-order valence-electron chi connectivity index (χ2n) is 5.20. The first-order valence-electron chi connectivity index (χ1n) is 7.01. The smallest absolute Gasteiger partial charge is 0.265 e. The molecule has 0 atom stereocenters. The molecule has 1 heterocycles. The minimum Gasteiger partial charge on any atom is -0.320 e. The molecule has 0 saturated carbocycles. The largest absolute Gasteiger partial charge is 0.320 e. The molecule has 110 valence electrons. The van der Waals surface area contributed by atoms with Crippen LogP contribution in [-0.2, 0) is 12.8 Å². The van der Waals surface area contributed by atoms with E-state index in [0.29, 0.717) is 10.7 Å². The van der Waals surface area contributed by atoms with Crippen molar-refractivity contribution in [3.8, 4) is 0 Å². The van der Waals surface area contributed by atoms with Crippen molar-refractivity contribution in [2.24, 2.45) is 0 Å². The van der Waals surface area contributed by atoms with E-state index in [4.69, 9.17) is 11.6 Å². The number of amides is 1. The first kappa shape index (κ1) is 15.1. The summed E-state index contributed by atoms with van der Waals surface area (Å²) in [6.07, 6.45) is 5.95. The van der Waals surface area contributed by atoms with Crippen LogP contribution in [-0.4, -0.2) is 5.91 Å². The fourth-order valence-electron chi connectivity index (χ4n) is 2.56. The zero-order valence-electron chi connectivity index (χ0n) is 11.4. The summed E-state index contributed by atoms with van der Waals surface area (Å²) in [4.78, 5) is 14.6. The Kier molecular flexibility index (Phi) is 4.67. The van der Waals surface area contributed by atoms with E-state index in [9.17, 15) is 4.79 Å². The number of carbonyl (C=O) groups is 1. The number of anilines is 1. The standard InChI is InChI=1S/C16H15BrClNOS/c17-12-7-6-11(18)9-13(12)19-16(20)15-8-10-4-2-1-3-5-14(10)21-15/h6-9H,1-5H2,(H,19,20). The summed E-state index contributed by atoms with van der Waals surface area (Å²) in [5.41, 5.74) is 2.06. The number of hydrogen-bond acceptors (Lipinski definition) is 2. The molecule has 1 aromatic carbocycles. The van der Waals surface area contributed by atoms with Crippen molar-refractivity contribution in [2.75, 3.05) is 5.32 Å². The van der Waals surface area contributed by atoms with Crippen LogP contribution < -0.4 is 5.32 Å². The van der Waals surface area contributed by atoms with Crippen molar-refractivity contribution in [1.82, 2.24) is 0 Å². The third-order valence-corrected chi connectivity index (χ3v) is 5.81. The zero-order valence-corrected chi connectivity index (χ0v) is 14.6. The molecule has 0 saturated heterocycles. The Morgan fingerprint density at radius 1 is 1.19 bits per heavy atom. The van der Waals surface area contributed by atoms with Crippen molar-refractivity contribution in [3.05, 3.63) is 49.1 Å². The van der Waals surface area contributed by atoms with Crippen LogP contribution in [0.1, 0.15) is 39.4 Å². The van der Waals surface area contributed by atoms with Gasteiger partial charge in [-0.25, -0.2) is 0 Å². The summed E-state index contributed by atoms with van der Waals surface area (Å²) in [5.74, 6) is -0.0592. The first-order valence-corrected chi connectivity index (χ1v) is 9.00. The van der Waals surface area contributed by atoms with Crippen LogP contribution >= 0.6 is 38.9 Å². The van der Waals surface area contributed by atoms with E-state index in [0.717, 1.165) is 22.2 Å². The highest BCUT2D eigenvalue weighted by atomic mass is 79.9. The maximum absolute atomic E-state index is 12.4. The Labute approximate surface area is 141 Å². The van der Waals surface area contributed by atoms with Crippen LogP contribution in [0.3, 0.4) is 0 Å². The average Bonchev–Trinajstić information content (AvgIpc) is 2.74. The number of fused-ring (bicyclic) bond motifs is 1. The molecule has 1 N–H and O–H groups in total. The molecule has 1 aliphatic rings. The molecule has 1 amide bonds. The summed E-state index contributed by atoms with van der Waals surface area (Å²) in [6, 6.07) is 7.43. The van der Waals surface area contributed by atoms with Crippen LogP contribution in [0, 0.1) is 0 Å². The molecule has 3 rings (SSSR count). The first-order chi connectivity index (χ1) is 10.1. The maximum Gasteiger partial charge on any atom is 0.265 e. The van der Waals surface area contributed by atoms with Gasteiger partial charge < -0.3 is 5.32 Å². The van der Waals surface area contributed by atoms with Crippen molar-refractivity contribution in [2.45, 2.75) is 32.1 Å². The molecule has 21 heavy (non-hydrogen) atoms. The van der Waals surface area contributed by atoms with Crippen LogP contribution in [0.5, 0.6) is 0 Å². The molecule has 0 unspecified atom stereocenters. The Bertz CT molecular complexity index is 659. The predicted molar refractivity (Wildman–Crippen MR) is 92.7 cm³/mol. The van der Waals surface area contributed by atoms with Crippen molar-refractivity contribution < 1.29 is 4.79 Å². The van der Waals surface area contributed by atoms with Gasteiger partial charge in [0.2, 0.25) is 0 Å². The van der Waals surface area contributed by atoms with Gasteiger partial charge in [-0.05, 0) is 71.4 Å². The second kappa shape index (κ2) is 6.51. The predicted octanol–water partition coefficient (Wildman–Crippen LogP) is 5.69. The number of aryl methyl sites for hydroxylation is 2. The molecular weight excluding hydrogens is 370 g/mol. The van der Waals surface area contributed by atoms with Crippen molar-refractivity contribution in [1.29, 1.82) is 0 Å². The van der Waals surface area contributed by atoms with E-state index in [1.807, 2.05) is 6.07 Å². The molecule has 0 aliphatic heterocycles. The molecule has 1 aliphatic carbocycles. The number of hydrogen-bond donors (Lipinski definition) is 1. The van der Waals surface area contributed by atoms with Crippen LogP contribution in [0.2, 0.25) is 5.02 Å². The van der Waals surface area contributed by atoms with E-state index in [1.165, 1.54) is 29.7 Å². The molecule has 2 aromatic rings. The van der Waals surface area contributed by atoms with Gasteiger partial charge in [-0.1, -0.05) is 18.0 Å². The van der Waals surface area contributed by atoms with Gasteiger partial charge in [0.1, 0.15) is 0 Å². The molecule has 0 bridgehead atoms. The lowest BCUT2D eigenvalue weighted by molar-refractivity contribution is 0.103. The van der Waals surface area contributed by atoms with E-state index >= 15 is 0 Å². The third kappa shape index (κ3) is 3.50. The van der Waals surface area contributed by atoms with E-state index in [-0.39, 0.29) is 5.91 Å². The molecule has 1 aromatic heterocycles. The number of halogens is 2. The summed E-state index contributed by atoms with van der Waals surface area (Å²) < 4.78 is 0.832. The highest BCUT2D eigenvalue weighted by molar-refractivity contribution is 9.10. The van der Waals surface area contributed by atoms with Gasteiger partial charge in [0.15, 0.2) is 0 Å². The van der Waals surface area contributed by atoms with Crippen LogP contribution in [0.25, 0.3) is 0 Å². The lowest BCUT2D eigenvalue weighted by Gasteiger charge is -2.06. The van der Waals surface area contributed by atoms with Crippen molar-refractivity contribution >= 4 is 50.5 Å². The number of carbonyl (C=O) groups excluding carboxylic acids is 1. The second-order valence-corrected chi connectivity index (χ2v) is 7.63. The number of thiophene rings is 1. The molecule has 2 nitrogen and oxygen atoms in total. The summed E-state index contributed by atoms with van der Waals surface area (Å²) in [5, 5.41) is 3.54. The van der Waals surface area contributed by atoms with Gasteiger partial charge in [-0.3, -0.25) is 4.79 Å². The topological polar surface area (TPSA) is 29.1 Å². The van der Waals surface area contributed by atoms with Crippen LogP contribution in [0.15, 0.2) is 28.7 Å². The monoisotopic (exact) mass is 383 g/mol. The minimum atomic E-state index is -0.0592. The lowest BCUT2D eigenvalue weighted by atomic mass is 10.1. The number of nitrogens with one attached hydrogen (secondary N) is 1. The summed E-state index contributed by atoms with van der Waals surface area (Å²) in [7, 11) is 0. The fourth-order valence-corrected chi connectivity index (χ4v) is 4.22. The molecule has 0 spiro atoms. The van der Waals surface area contributed by atoms with Gasteiger partial charge in [0.25, 0.3) is 5.91 Å². The SMILES string of the molecule is O=C(Nc1cc(Cl)ccc1Br)c1cc2c(s1)CCCCC2. The third-order valence-electron chi connectivity index (χ3n) is 3.65. The highest BCUT2D eigenvalue weighted by Gasteiger charge is 2.17. The minimum absolute atomic E-state index is 0.0592. The summed E-state index contributed by atoms with van der Waals surface area (Å²) in [6.45, 7) is 0. The Balaban J connectivity index is 1.81. The molecule has 0 fully saturated rings. The van der Waals surface area contributed by atoms with E-state index < -0.39 is 0 Å². The Morgan fingerprint density at radius 3 is 2.86 bits per heavy atom. The van der Waals surface area contributed by atoms with Crippen molar-refractivity contribution in [3.63, 3.8) is 0 Å². The van der Waals surface area contributed by atoms with Gasteiger partial charge in [0.05, 0.1) is 10.6 Å². The average molecular weight is 385 g/mol. The summed E-state index contributed by atoms with van der Waals surface area (Å²) >= 11 is 11.0. The molecule has 5 heteroatoms. The highest BCUT2D eigenvalue weighted by Crippen LogP contribution is 2.31. The van der Waals surface area contributed by atoms with Gasteiger partial charge in [-0.15, -0.1) is 11.3 Å². The number of benzene rings is 1. The lowest BCUT2D eigenvalue weighted by Crippen LogP contribution is -2.10. The number of rotatable bonds is 2. The van der Waals surface area contributed by atoms with E-state index in [2.05, 4.69) is 27.3 Å². The molecule has 0 radical (unpaired) electrons. The van der Waals surface area contributed by atoms with Gasteiger partial charge >= 0.3 is 0 Å². The van der Waals surface area contributed by atoms with E-state index in [1.54, 1.807) is 23.5 Å². The van der Waals surface area contributed by atoms with Crippen LogP contribution in [0.4, 0.5) is 5.69 Å². The van der Waals surface area contributed by atoms with Gasteiger partial charge in [0, 0.05) is 14.4 Å². The maximum atomic E-state index is 12.4. The zero-order chi connectivity index (χ0) is 14.8. The fraction of sp³-hybridized carbons (Fsp3) is 0.312. The molecular formula is C16H15BrClNOS. The van der Waals surface area contributed by atoms with Gasteiger partial charge in [-0.2, -0.15) is 0 Å². The Hall–Kier alpha value is -0.840. The quantitative estimate of drug-likeness (QED) is 0.663. The Morgan fingerprint density at radius 2 is 2.00 bits per heavy atom.